The van der Waals surface area contributed by atoms with Crippen LogP contribution in [0.2, 0.25) is 0 Å². The van der Waals surface area contributed by atoms with Crippen molar-refractivity contribution in [2.24, 2.45) is 11.8 Å². The van der Waals surface area contributed by atoms with Gasteiger partial charge in [-0.2, -0.15) is 4.68 Å². The van der Waals surface area contributed by atoms with Crippen LogP contribution in [-0.2, 0) is 9.59 Å². The molecule has 3 aromatic carbocycles. The monoisotopic (exact) mass is 520 g/mol. The first-order valence-electron chi connectivity index (χ1n) is 12.4. The lowest BCUT2D eigenvalue weighted by Gasteiger charge is -2.36. The Labute approximate surface area is 221 Å². The van der Waals surface area contributed by atoms with E-state index in [1.54, 1.807) is 31.2 Å². The molecule has 2 fully saturated rings. The van der Waals surface area contributed by atoms with Crippen molar-refractivity contribution in [1.82, 2.24) is 15.0 Å². The van der Waals surface area contributed by atoms with E-state index in [4.69, 9.17) is 0 Å². The summed E-state index contributed by atoms with van der Waals surface area (Å²) in [5.41, 5.74) is 3.21. The van der Waals surface area contributed by atoms with Gasteiger partial charge in [-0.3, -0.25) is 24.5 Å². The fourth-order valence-electron chi connectivity index (χ4n) is 6.20. The number of aromatic nitrogens is 3. The summed E-state index contributed by atoms with van der Waals surface area (Å²) in [6.45, 7) is 1.62. The van der Waals surface area contributed by atoms with E-state index in [9.17, 15) is 24.5 Å². The molecule has 0 unspecified atom stereocenters. The standard InChI is InChI=1S/C28H20N6O5/c1-15-14-17(34(38)39)11-13-19(15)32-26(35)23-22-12-10-16-6-2-4-8-20(16)31(22)25(24(23)27(32)36)28(37)33-21-9-5-3-7-18(21)29-30-33/h2-14,22-25H,1H3/t22-,23-,24-,25+/m0/s1. The van der Waals surface area contributed by atoms with E-state index in [1.807, 2.05) is 41.3 Å². The molecule has 0 spiro atoms. The number of para-hydroxylation sites is 2. The van der Waals surface area contributed by atoms with Crippen LogP contribution in [0.25, 0.3) is 17.1 Å². The minimum Gasteiger partial charge on any atom is -0.351 e. The zero-order chi connectivity index (χ0) is 27.0. The second kappa shape index (κ2) is 8.15. The molecule has 3 aliphatic heterocycles. The molecule has 1 aromatic heterocycles. The minimum absolute atomic E-state index is 0.139. The molecular formula is C28H20N6O5. The van der Waals surface area contributed by atoms with Gasteiger partial charge in [-0.05, 0) is 42.3 Å². The lowest BCUT2D eigenvalue weighted by atomic mass is 9.88. The number of nitro groups is 1. The highest BCUT2D eigenvalue weighted by Crippen LogP contribution is 2.50. The first-order chi connectivity index (χ1) is 18.9. The summed E-state index contributed by atoms with van der Waals surface area (Å²) in [7, 11) is 0. The molecule has 4 aromatic rings. The zero-order valence-corrected chi connectivity index (χ0v) is 20.5. The minimum atomic E-state index is -1.03. The highest BCUT2D eigenvalue weighted by atomic mass is 16.6. The Kier molecular flexibility index (Phi) is 4.80. The number of hydrogen-bond donors (Lipinski definition) is 0. The smallest absolute Gasteiger partial charge is 0.272 e. The SMILES string of the molecule is Cc1cc([N+](=O)[O-])ccc1N1C(=O)[C@@H]2[C@H](C1=O)[C@H](C(=O)n1nnc3ccccc31)N1c3ccccc3C=C[C@@H]21. The maximum atomic E-state index is 14.2. The molecule has 0 radical (unpaired) electrons. The average molecular weight is 521 g/mol. The molecule has 11 nitrogen and oxygen atoms in total. The van der Waals surface area contributed by atoms with E-state index in [-0.39, 0.29) is 11.4 Å². The molecule has 0 saturated carbocycles. The van der Waals surface area contributed by atoms with Gasteiger partial charge in [-0.25, -0.2) is 4.90 Å². The van der Waals surface area contributed by atoms with Crippen molar-refractivity contribution in [3.63, 3.8) is 0 Å². The van der Waals surface area contributed by atoms with E-state index in [0.717, 1.165) is 16.2 Å². The molecule has 11 heteroatoms. The van der Waals surface area contributed by atoms with E-state index < -0.39 is 46.6 Å². The van der Waals surface area contributed by atoms with Crippen molar-refractivity contribution < 1.29 is 19.3 Å². The Bertz CT molecular complexity index is 1780. The average Bonchev–Trinajstić information content (AvgIpc) is 3.60. The topological polar surface area (TPSA) is 132 Å². The number of carbonyl (C=O) groups excluding carboxylic acids is 3. The fraction of sp³-hybridized carbons (Fsp3) is 0.179. The fourth-order valence-corrected chi connectivity index (χ4v) is 6.20. The van der Waals surface area contributed by atoms with Crippen LogP contribution in [0.1, 0.15) is 15.9 Å². The van der Waals surface area contributed by atoms with Crippen LogP contribution in [0.5, 0.6) is 0 Å². The first kappa shape index (κ1) is 23.0. The summed E-state index contributed by atoms with van der Waals surface area (Å²) in [6.07, 6.45) is 3.77. The summed E-state index contributed by atoms with van der Waals surface area (Å²) >= 11 is 0. The molecule has 39 heavy (non-hydrogen) atoms. The third kappa shape index (κ3) is 3.13. The Hall–Kier alpha value is -5.19. The number of benzene rings is 3. The summed E-state index contributed by atoms with van der Waals surface area (Å²) in [5.74, 6) is -3.26. The Balaban J connectivity index is 1.38. The van der Waals surface area contributed by atoms with Crippen LogP contribution < -0.4 is 9.80 Å². The maximum absolute atomic E-state index is 14.2. The number of aryl methyl sites for hydroxylation is 1. The second-order valence-electron chi connectivity index (χ2n) is 9.88. The number of carbonyl (C=O) groups is 3. The molecule has 3 aliphatic rings. The molecule has 0 N–H and O–H groups in total. The largest absolute Gasteiger partial charge is 0.351 e. The third-order valence-corrected chi connectivity index (χ3v) is 7.86. The summed E-state index contributed by atoms with van der Waals surface area (Å²) < 4.78 is 1.21. The quantitative estimate of drug-likeness (QED) is 0.228. The third-order valence-electron chi connectivity index (χ3n) is 7.86. The molecule has 0 bridgehead atoms. The van der Waals surface area contributed by atoms with E-state index in [2.05, 4.69) is 10.3 Å². The van der Waals surface area contributed by atoms with Gasteiger partial charge >= 0.3 is 0 Å². The molecule has 2 amide bonds. The van der Waals surface area contributed by atoms with E-state index in [0.29, 0.717) is 16.6 Å². The van der Waals surface area contributed by atoms with Gasteiger partial charge in [0.2, 0.25) is 11.8 Å². The van der Waals surface area contributed by atoms with Crippen LogP contribution in [0, 0.1) is 28.9 Å². The molecule has 192 valence electrons. The number of fused-ring (bicyclic) bond motifs is 6. The van der Waals surface area contributed by atoms with Gasteiger partial charge in [-0.15, -0.1) is 5.10 Å². The molecular weight excluding hydrogens is 500 g/mol. The number of nitrogens with zero attached hydrogens (tertiary/aromatic N) is 6. The van der Waals surface area contributed by atoms with Crippen LogP contribution in [0.15, 0.2) is 72.8 Å². The second-order valence-corrected chi connectivity index (χ2v) is 9.88. The number of rotatable bonds is 3. The van der Waals surface area contributed by atoms with E-state index >= 15 is 0 Å². The zero-order valence-electron chi connectivity index (χ0n) is 20.5. The Morgan fingerprint density at radius 1 is 0.949 bits per heavy atom. The van der Waals surface area contributed by atoms with Gasteiger partial charge in [-0.1, -0.05) is 47.7 Å². The van der Waals surface area contributed by atoms with Crippen LogP contribution >= 0.6 is 0 Å². The van der Waals surface area contributed by atoms with Crippen LogP contribution in [0.3, 0.4) is 0 Å². The molecule has 4 atom stereocenters. The normalized spacial score (nSPS) is 23.2. The summed E-state index contributed by atoms with van der Waals surface area (Å²) in [4.78, 5) is 56.0. The predicted molar refractivity (Wildman–Crippen MR) is 141 cm³/mol. The molecule has 0 aliphatic carbocycles. The number of non-ortho nitro benzene ring substituents is 1. The van der Waals surface area contributed by atoms with Gasteiger partial charge in [0.15, 0.2) is 0 Å². The summed E-state index contributed by atoms with van der Waals surface area (Å²) in [5, 5.41) is 19.5. The number of anilines is 2. The van der Waals surface area contributed by atoms with Gasteiger partial charge in [0.1, 0.15) is 11.6 Å². The molecule has 7 rings (SSSR count). The van der Waals surface area contributed by atoms with Crippen molar-refractivity contribution in [2.45, 2.75) is 19.0 Å². The van der Waals surface area contributed by atoms with Gasteiger partial charge < -0.3 is 4.90 Å². The van der Waals surface area contributed by atoms with Crippen molar-refractivity contribution in [1.29, 1.82) is 0 Å². The highest BCUT2D eigenvalue weighted by molar-refractivity contribution is 6.25. The van der Waals surface area contributed by atoms with Crippen molar-refractivity contribution in [3.05, 3.63) is 94.0 Å². The number of imide groups is 1. The number of hydrogen-bond acceptors (Lipinski definition) is 8. The summed E-state index contributed by atoms with van der Waals surface area (Å²) in [6, 6.07) is 17.0. The lowest BCUT2D eigenvalue weighted by Crippen LogP contribution is -2.50. The Morgan fingerprint density at radius 3 is 2.49 bits per heavy atom. The van der Waals surface area contributed by atoms with Crippen molar-refractivity contribution in [2.75, 3.05) is 9.80 Å². The van der Waals surface area contributed by atoms with Crippen LogP contribution in [-0.4, -0.2) is 49.7 Å². The Morgan fingerprint density at radius 2 is 1.69 bits per heavy atom. The number of nitro benzene ring substituents is 1. The number of amides is 2. The van der Waals surface area contributed by atoms with Gasteiger partial charge in [0.05, 0.1) is 34.0 Å². The lowest BCUT2D eigenvalue weighted by molar-refractivity contribution is -0.384. The van der Waals surface area contributed by atoms with Crippen molar-refractivity contribution >= 4 is 51.9 Å². The van der Waals surface area contributed by atoms with Gasteiger partial charge in [0.25, 0.3) is 11.6 Å². The van der Waals surface area contributed by atoms with Crippen LogP contribution in [0.4, 0.5) is 17.1 Å². The first-order valence-corrected chi connectivity index (χ1v) is 12.4. The maximum Gasteiger partial charge on any atom is 0.272 e. The van der Waals surface area contributed by atoms with Crippen molar-refractivity contribution in [3.8, 4) is 0 Å². The van der Waals surface area contributed by atoms with Gasteiger partial charge in [0, 0.05) is 17.8 Å². The molecule has 2 saturated heterocycles. The highest BCUT2D eigenvalue weighted by Gasteiger charge is 2.65. The molecule has 4 heterocycles. The van der Waals surface area contributed by atoms with E-state index in [1.165, 1.54) is 22.9 Å². The predicted octanol–water partition coefficient (Wildman–Crippen LogP) is 3.38.